The van der Waals surface area contributed by atoms with Crippen molar-refractivity contribution in [2.75, 3.05) is 24.7 Å². The van der Waals surface area contributed by atoms with E-state index in [0.717, 1.165) is 12.2 Å². The van der Waals surface area contributed by atoms with Crippen LogP contribution in [0.4, 0.5) is 0 Å². The number of carboxylic acid groups (broad SMARTS) is 1. The highest BCUT2D eigenvalue weighted by Gasteiger charge is 2.34. The summed E-state index contributed by atoms with van der Waals surface area (Å²) in [5, 5.41) is 30.2. The number of likely N-dealkylation sites (N-methyl/N-ethyl adjacent to an activating group) is 1. The van der Waals surface area contributed by atoms with Crippen LogP contribution in [0.3, 0.4) is 0 Å². The average Bonchev–Trinajstić information content (AvgIpc) is 2.36. The summed E-state index contributed by atoms with van der Waals surface area (Å²) in [7, 11) is 0. The van der Waals surface area contributed by atoms with Crippen molar-refractivity contribution in [2.45, 2.75) is 44.8 Å². The molecule has 0 heterocycles. The van der Waals surface area contributed by atoms with Crippen molar-refractivity contribution >= 4 is 17.7 Å². The molecule has 0 aromatic rings. The lowest BCUT2D eigenvalue weighted by atomic mass is 9.91. The number of aliphatic hydroxyl groups is 2. The number of aliphatic hydroxyl groups excluding tert-OH is 2. The van der Waals surface area contributed by atoms with Gasteiger partial charge in [-0.1, -0.05) is 13.8 Å². The number of nitrogens with one attached hydrogen (secondary N) is 1. The molecule has 0 fully saturated rings. The third-order valence-electron chi connectivity index (χ3n) is 2.94. The van der Waals surface area contributed by atoms with Crippen LogP contribution in [0.5, 0.6) is 0 Å². The predicted octanol–water partition coefficient (Wildman–Crippen LogP) is 0.696. The van der Waals surface area contributed by atoms with Crippen LogP contribution >= 0.6 is 11.8 Å². The van der Waals surface area contributed by atoms with Gasteiger partial charge in [0.1, 0.15) is 5.54 Å². The third-order valence-corrected chi connectivity index (χ3v) is 4.14. The van der Waals surface area contributed by atoms with Crippen molar-refractivity contribution in [3.05, 3.63) is 0 Å². The van der Waals surface area contributed by atoms with Crippen LogP contribution < -0.4 is 5.32 Å². The maximum absolute atomic E-state index is 11.3. The molecular weight excluding hydrogens is 254 g/mol. The average molecular weight is 279 g/mol. The quantitative estimate of drug-likeness (QED) is 0.416. The van der Waals surface area contributed by atoms with Gasteiger partial charge in [0.2, 0.25) is 0 Å². The van der Waals surface area contributed by atoms with Crippen molar-refractivity contribution in [3.8, 4) is 0 Å². The molecule has 0 saturated heterocycles. The summed E-state index contributed by atoms with van der Waals surface area (Å²) in [5.41, 5.74) is -0.828. The van der Waals surface area contributed by atoms with Crippen molar-refractivity contribution in [1.82, 2.24) is 5.32 Å². The zero-order valence-corrected chi connectivity index (χ0v) is 12.0. The minimum absolute atomic E-state index is 0.224. The van der Waals surface area contributed by atoms with E-state index in [4.69, 9.17) is 10.2 Å². The monoisotopic (exact) mass is 279 g/mol. The third kappa shape index (κ3) is 6.04. The molecule has 0 aromatic carbocycles. The highest BCUT2D eigenvalue weighted by Crippen LogP contribution is 2.20. The lowest BCUT2D eigenvalue weighted by Gasteiger charge is -2.29. The van der Waals surface area contributed by atoms with E-state index in [-0.39, 0.29) is 6.61 Å². The molecule has 0 aliphatic rings. The molecule has 0 radical (unpaired) electrons. The molecule has 0 aromatic heterocycles. The van der Waals surface area contributed by atoms with Crippen LogP contribution in [0.2, 0.25) is 0 Å². The van der Waals surface area contributed by atoms with Crippen LogP contribution in [0.15, 0.2) is 0 Å². The van der Waals surface area contributed by atoms with Gasteiger partial charge in [-0.25, -0.2) is 0 Å². The van der Waals surface area contributed by atoms with E-state index >= 15 is 0 Å². The molecular formula is C12H25NO4S. The Kier molecular flexibility index (Phi) is 9.45. The smallest absolute Gasteiger partial charge is 0.323 e. The molecule has 0 aliphatic carbocycles. The van der Waals surface area contributed by atoms with Crippen molar-refractivity contribution in [3.63, 3.8) is 0 Å². The van der Waals surface area contributed by atoms with E-state index in [1.807, 2.05) is 13.8 Å². The van der Waals surface area contributed by atoms with Crippen LogP contribution in [0.1, 0.15) is 33.1 Å². The van der Waals surface area contributed by atoms with Crippen molar-refractivity contribution in [1.29, 1.82) is 0 Å². The lowest BCUT2D eigenvalue weighted by molar-refractivity contribution is -0.145. The van der Waals surface area contributed by atoms with Crippen LogP contribution in [0.25, 0.3) is 0 Å². The standard InChI is InChI=1S/C12H25NO4S/c1-3-12(11(16)17,13-4-2)6-5-7-18-9-10(15)8-14/h10,13-15H,3-9H2,1-2H3,(H,16,17). The molecule has 0 spiro atoms. The molecule has 108 valence electrons. The number of hydrogen-bond acceptors (Lipinski definition) is 5. The predicted molar refractivity (Wildman–Crippen MR) is 74.0 cm³/mol. The molecule has 2 unspecified atom stereocenters. The van der Waals surface area contributed by atoms with E-state index in [1.165, 1.54) is 11.8 Å². The Bertz CT molecular complexity index is 240. The summed E-state index contributed by atoms with van der Waals surface area (Å²) in [4.78, 5) is 11.3. The number of hydrogen-bond donors (Lipinski definition) is 4. The summed E-state index contributed by atoms with van der Waals surface area (Å²) in [6, 6.07) is 0. The number of carbonyl (C=O) groups is 1. The Morgan fingerprint density at radius 2 is 2.11 bits per heavy atom. The molecule has 6 heteroatoms. The number of thioether (sulfide) groups is 1. The van der Waals surface area contributed by atoms with Gasteiger partial charge in [0.15, 0.2) is 0 Å². The van der Waals surface area contributed by atoms with E-state index in [2.05, 4.69) is 5.32 Å². The van der Waals surface area contributed by atoms with E-state index in [0.29, 0.717) is 25.1 Å². The zero-order valence-electron chi connectivity index (χ0n) is 11.2. The molecule has 0 amide bonds. The Morgan fingerprint density at radius 3 is 2.56 bits per heavy atom. The van der Waals surface area contributed by atoms with Gasteiger partial charge >= 0.3 is 5.97 Å². The summed E-state index contributed by atoms with van der Waals surface area (Å²) < 4.78 is 0. The van der Waals surface area contributed by atoms with Crippen LogP contribution in [-0.2, 0) is 4.79 Å². The fourth-order valence-electron chi connectivity index (χ4n) is 1.81. The molecule has 2 atom stereocenters. The Labute approximate surface area is 113 Å². The van der Waals surface area contributed by atoms with Gasteiger partial charge in [-0.2, -0.15) is 11.8 Å². The molecule has 0 rings (SSSR count). The second kappa shape index (κ2) is 9.61. The second-order valence-corrected chi connectivity index (χ2v) is 5.44. The molecule has 4 N–H and O–H groups in total. The number of rotatable bonds is 11. The van der Waals surface area contributed by atoms with Gasteiger partial charge < -0.3 is 20.6 Å². The largest absolute Gasteiger partial charge is 0.480 e. The Morgan fingerprint density at radius 1 is 1.44 bits per heavy atom. The second-order valence-electron chi connectivity index (χ2n) is 4.29. The van der Waals surface area contributed by atoms with Gasteiger partial charge in [-0.15, -0.1) is 0 Å². The topological polar surface area (TPSA) is 89.8 Å². The normalized spacial score (nSPS) is 16.2. The van der Waals surface area contributed by atoms with Gasteiger partial charge in [0.05, 0.1) is 12.7 Å². The van der Waals surface area contributed by atoms with Gasteiger partial charge in [-0.3, -0.25) is 4.79 Å². The maximum atomic E-state index is 11.3. The highest BCUT2D eigenvalue weighted by atomic mass is 32.2. The highest BCUT2D eigenvalue weighted by molar-refractivity contribution is 7.99. The summed E-state index contributed by atoms with van der Waals surface area (Å²) in [6.07, 6.45) is 1.23. The Balaban J connectivity index is 4.01. The molecule has 0 saturated carbocycles. The summed E-state index contributed by atoms with van der Waals surface area (Å²) in [5.74, 6) is 0.480. The Hall–Kier alpha value is -0.300. The molecule has 5 nitrogen and oxygen atoms in total. The zero-order chi connectivity index (χ0) is 14.0. The SMILES string of the molecule is CCNC(CC)(CCCSCC(O)CO)C(=O)O. The van der Waals surface area contributed by atoms with E-state index in [1.54, 1.807) is 0 Å². The maximum Gasteiger partial charge on any atom is 0.323 e. The van der Waals surface area contributed by atoms with Crippen LogP contribution in [-0.4, -0.2) is 57.6 Å². The lowest BCUT2D eigenvalue weighted by Crippen LogP contribution is -2.51. The first kappa shape index (κ1) is 17.7. The minimum atomic E-state index is -0.828. The summed E-state index contributed by atoms with van der Waals surface area (Å²) in [6.45, 7) is 4.19. The first-order chi connectivity index (χ1) is 8.52. The van der Waals surface area contributed by atoms with Gasteiger partial charge in [0, 0.05) is 5.75 Å². The van der Waals surface area contributed by atoms with Crippen molar-refractivity contribution < 1.29 is 20.1 Å². The van der Waals surface area contributed by atoms with Crippen LogP contribution in [0, 0.1) is 0 Å². The molecule has 0 aliphatic heterocycles. The number of aliphatic carboxylic acids is 1. The fourth-order valence-corrected chi connectivity index (χ4v) is 2.70. The number of carboxylic acids is 1. The summed E-state index contributed by atoms with van der Waals surface area (Å²) >= 11 is 1.54. The molecule has 18 heavy (non-hydrogen) atoms. The first-order valence-electron chi connectivity index (χ1n) is 6.37. The molecule has 0 bridgehead atoms. The van der Waals surface area contributed by atoms with Crippen molar-refractivity contribution in [2.24, 2.45) is 0 Å². The van der Waals surface area contributed by atoms with Gasteiger partial charge in [0.25, 0.3) is 0 Å². The van der Waals surface area contributed by atoms with Gasteiger partial charge in [-0.05, 0) is 31.6 Å². The fraction of sp³-hybridized carbons (Fsp3) is 0.917. The van der Waals surface area contributed by atoms with E-state index < -0.39 is 17.6 Å². The van der Waals surface area contributed by atoms with E-state index in [9.17, 15) is 9.90 Å². The first-order valence-corrected chi connectivity index (χ1v) is 7.53. The minimum Gasteiger partial charge on any atom is -0.480 e.